The zero-order chi connectivity index (χ0) is 13.7. The molecule has 0 spiro atoms. The summed E-state index contributed by atoms with van der Waals surface area (Å²) in [5.41, 5.74) is 9.02. The molecule has 0 saturated carbocycles. The van der Waals surface area contributed by atoms with Gasteiger partial charge in [0.15, 0.2) is 0 Å². The van der Waals surface area contributed by atoms with Crippen LogP contribution in [0, 0.1) is 0 Å². The second-order valence-electron chi connectivity index (χ2n) is 4.41. The quantitative estimate of drug-likeness (QED) is 0.845. The molecule has 0 amide bonds. The van der Waals surface area contributed by atoms with Gasteiger partial charge in [-0.2, -0.15) is 0 Å². The van der Waals surface area contributed by atoms with Crippen molar-refractivity contribution in [3.8, 4) is 0 Å². The van der Waals surface area contributed by atoms with E-state index in [1.54, 1.807) is 0 Å². The van der Waals surface area contributed by atoms with Crippen molar-refractivity contribution in [2.24, 2.45) is 5.73 Å². The van der Waals surface area contributed by atoms with E-state index in [4.69, 9.17) is 18.0 Å². The van der Waals surface area contributed by atoms with Crippen molar-refractivity contribution in [3.63, 3.8) is 0 Å². The zero-order valence-corrected chi connectivity index (χ0v) is 11.9. The Balaban J connectivity index is 2.12. The molecule has 2 rings (SSSR count). The van der Waals surface area contributed by atoms with Crippen molar-refractivity contribution in [2.75, 3.05) is 11.4 Å². The lowest BCUT2D eigenvalue weighted by Gasteiger charge is -2.23. The summed E-state index contributed by atoms with van der Waals surface area (Å²) in [4.78, 5) is 2.78. The van der Waals surface area contributed by atoms with Crippen LogP contribution in [0.4, 0.5) is 5.69 Å². The minimum Gasteiger partial charge on any atom is -0.389 e. The number of para-hydroxylation sites is 1. The fourth-order valence-electron chi connectivity index (χ4n) is 2.02. The molecule has 0 aliphatic heterocycles. The highest BCUT2D eigenvalue weighted by molar-refractivity contribution is 7.80. The molecular weight excluding hydrogens is 252 g/mol. The summed E-state index contributed by atoms with van der Waals surface area (Å²) in [6.07, 6.45) is 0. The van der Waals surface area contributed by atoms with Gasteiger partial charge in [-0.3, -0.25) is 0 Å². The van der Waals surface area contributed by atoms with Gasteiger partial charge in [-0.05, 0) is 24.6 Å². The molecule has 0 atom stereocenters. The Bertz CT molecular complexity index is 534. The second kappa shape index (κ2) is 6.34. The molecular formula is C16H18N2S. The number of rotatable bonds is 5. The molecule has 2 nitrogen and oxygen atoms in total. The standard InChI is InChI=1S/C16H18N2S/c1-2-18(15-6-4-3-5-7-15)12-13-8-10-14(11-9-13)16(17)19/h3-11H,2,12H2,1H3,(H2,17,19). The van der Waals surface area contributed by atoms with Gasteiger partial charge in [0.2, 0.25) is 0 Å². The largest absolute Gasteiger partial charge is 0.389 e. The third-order valence-electron chi connectivity index (χ3n) is 3.11. The Morgan fingerprint density at radius 3 is 2.21 bits per heavy atom. The van der Waals surface area contributed by atoms with Crippen LogP contribution in [0.2, 0.25) is 0 Å². The van der Waals surface area contributed by atoms with Crippen LogP contribution in [0.3, 0.4) is 0 Å². The van der Waals surface area contributed by atoms with Crippen molar-refractivity contribution >= 4 is 22.9 Å². The van der Waals surface area contributed by atoms with Crippen LogP contribution in [-0.4, -0.2) is 11.5 Å². The molecule has 0 bridgehead atoms. The average Bonchev–Trinajstić information content (AvgIpc) is 2.46. The highest BCUT2D eigenvalue weighted by Gasteiger charge is 2.05. The molecule has 0 unspecified atom stereocenters. The molecule has 2 aromatic rings. The van der Waals surface area contributed by atoms with Gasteiger partial charge < -0.3 is 10.6 Å². The molecule has 0 aliphatic carbocycles. The van der Waals surface area contributed by atoms with Crippen molar-refractivity contribution in [3.05, 3.63) is 65.7 Å². The maximum Gasteiger partial charge on any atom is 0.103 e. The lowest BCUT2D eigenvalue weighted by atomic mass is 10.1. The Labute approximate surface area is 119 Å². The third kappa shape index (κ3) is 3.55. The summed E-state index contributed by atoms with van der Waals surface area (Å²) in [6.45, 7) is 4.02. The summed E-state index contributed by atoms with van der Waals surface area (Å²) < 4.78 is 0. The van der Waals surface area contributed by atoms with Gasteiger partial charge in [-0.25, -0.2) is 0 Å². The maximum atomic E-state index is 5.60. The summed E-state index contributed by atoms with van der Waals surface area (Å²) >= 11 is 4.96. The van der Waals surface area contributed by atoms with Crippen LogP contribution < -0.4 is 10.6 Å². The Kier molecular flexibility index (Phi) is 4.53. The minimum atomic E-state index is 0.446. The fourth-order valence-corrected chi connectivity index (χ4v) is 2.16. The Morgan fingerprint density at radius 2 is 1.68 bits per heavy atom. The van der Waals surface area contributed by atoms with Gasteiger partial charge in [0, 0.05) is 24.3 Å². The van der Waals surface area contributed by atoms with Gasteiger partial charge in [-0.1, -0.05) is 54.7 Å². The number of anilines is 1. The topological polar surface area (TPSA) is 29.3 Å². The molecule has 0 heterocycles. The summed E-state index contributed by atoms with van der Waals surface area (Å²) in [5, 5.41) is 0. The second-order valence-corrected chi connectivity index (χ2v) is 4.85. The Morgan fingerprint density at radius 1 is 1.05 bits per heavy atom. The van der Waals surface area contributed by atoms with Crippen LogP contribution in [0.5, 0.6) is 0 Å². The minimum absolute atomic E-state index is 0.446. The predicted octanol–water partition coefficient (Wildman–Crippen LogP) is 3.35. The lowest BCUT2D eigenvalue weighted by Crippen LogP contribution is -2.21. The number of hydrogen-bond acceptors (Lipinski definition) is 2. The van der Waals surface area contributed by atoms with Crippen molar-refractivity contribution < 1.29 is 0 Å². The van der Waals surface area contributed by atoms with Crippen molar-refractivity contribution in [1.82, 2.24) is 0 Å². The SMILES string of the molecule is CCN(Cc1ccc(C(N)=S)cc1)c1ccccc1. The van der Waals surface area contributed by atoms with E-state index in [1.165, 1.54) is 11.3 Å². The normalized spacial score (nSPS) is 10.2. The monoisotopic (exact) mass is 270 g/mol. The molecule has 2 aromatic carbocycles. The number of benzene rings is 2. The van der Waals surface area contributed by atoms with E-state index in [0.29, 0.717) is 4.99 Å². The molecule has 98 valence electrons. The van der Waals surface area contributed by atoms with Gasteiger partial charge in [0.25, 0.3) is 0 Å². The van der Waals surface area contributed by atoms with Crippen molar-refractivity contribution in [2.45, 2.75) is 13.5 Å². The molecule has 19 heavy (non-hydrogen) atoms. The summed E-state index contributed by atoms with van der Waals surface area (Å²) in [6, 6.07) is 18.6. The molecule has 0 aliphatic rings. The molecule has 3 heteroatoms. The first-order valence-electron chi connectivity index (χ1n) is 6.39. The number of nitrogens with two attached hydrogens (primary N) is 1. The van der Waals surface area contributed by atoms with Crippen LogP contribution in [0.1, 0.15) is 18.1 Å². The molecule has 0 radical (unpaired) electrons. The average molecular weight is 270 g/mol. The van der Waals surface area contributed by atoms with E-state index in [2.05, 4.69) is 48.2 Å². The zero-order valence-electron chi connectivity index (χ0n) is 11.0. The maximum absolute atomic E-state index is 5.60. The van der Waals surface area contributed by atoms with Crippen LogP contribution in [0.15, 0.2) is 54.6 Å². The van der Waals surface area contributed by atoms with Gasteiger partial charge in [-0.15, -0.1) is 0 Å². The van der Waals surface area contributed by atoms with E-state index in [0.717, 1.165) is 18.7 Å². The molecule has 0 saturated heterocycles. The van der Waals surface area contributed by atoms with Gasteiger partial charge >= 0.3 is 0 Å². The van der Waals surface area contributed by atoms with E-state index in [1.807, 2.05) is 18.2 Å². The van der Waals surface area contributed by atoms with Gasteiger partial charge in [0.1, 0.15) is 4.99 Å². The van der Waals surface area contributed by atoms with Crippen LogP contribution in [0.25, 0.3) is 0 Å². The number of thiocarbonyl (C=S) groups is 1. The lowest BCUT2D eigenvalue weighted by molar-refractivity contribution is 0.832. The van der Waals surface area contributed by atoms with Crippen LogP contribution in [-0.2, 0) is 6.54 Å². The highest BCUT2D eigenvalue weighted by Crippen LogP contribution is 2.16. The first-order chi connectivity index (χ1) is 9.20. The molecule has 0 fully saturated rings. The van der Waals surface area contributed by atoms with Crippen LogP contribution >= 0.6 is 12.2 Å². The van der Waals surface area contributed by atoms with E-state index in [-0.39, 0.29) is 0 Å². The number of hydrogen-bond donors (Lipinski definition) is 1. The molecule has 0 aromatic heterocycles. The van der Waals surface area contributed by atoms with E-state index >= 15 is 0 Å². The molecule has 2 N–H and O–H groups in total. The van der Waals surface area contributed by atoms with Crippen molar-refractivity contribution in [1.29, 1.82) is 0 Å². The summed E-state index contributed by atoms with van der Waals surface area (Å²) in [7, 11) is 0. The first-order valence-corrected chi connectivity index (χ1v) is 6.80. The highest BCUT2D eigenvalue weighted by atomic mass is 32.1. The van der Waals surface area contributed by atoms with E-state index < -0.39 is 0 Å². The van der Waals surface area contributed by atoms with Gasteiger partial charge in [0.05, 0.1) is 0 Å². The first kappa shape index (κ1) is 13.6. The predicted molar refractivity (Wildman–Crippen MR) is 85.5 cm³/mol. The fraction of sp³-hybridized carbons (Fsp3) is 0.188. The summed E-state index contributed by atoms with van der Waals surface area (Å²) in [5.74, 6) is 0. The van der Waals surface area contributed by atoms with E-state index in [9.17, 15) is 0 Å². The number of nitrogens with zero attached hydrogens (tertiary/aromatic N) is 1. The Hall–Kier alpha value is -1.87. The smallest absolute Gasteiger partial charge is 0.103 e. The third-order valence-corrected chi connectivity index (χ3v) is 3.35.